The number of ether oxygens (including phenoxy) is 7. The van der Waals surface area contributed by atoms with Gasteiger partial charge in [0.25, 0.3) is 0 Å². The summed E-state index contributed by atoms with van der Waals surface area (Å²) >= 11 is 0. The summed E-state index contributed by atoms with van der Waals surface area (Å²) in [5.74, 6) is -5.52. The normalized spacial score (nSPS) is 44.2. The summed E-state index contributed by atoms with van der Waals surface area (Å²) in [7, 11) is -5.19. The molecule has 4 fully saturated rings. The number of amides is 2. The van der Waals surface area contributed by atoms with Crippen LogP contribution in [0, 0.1) is 0 Å². The Kier molecular flexibility index (Phi) is 15.8. The van der Waals surface area contributed by atoms with Gasteiger partial charge in [0, 0.05) is 13.8 Å². The topological polar surface area (TPSA) is 446 Å². The molecule has 4 aliphatic rings. The number of rotatable bonds is 14. The summed E-state index contributed by atoms with van der Waals surface area (Å²) in [6, 6.07) is -3.42. The lowest BCUT2D eigenvalue weighted by Crippen LogP contribution is -2.69. The molecule has 1 unspecified atom stereocenters. The molecule has 0 saturated carbocycles. The van der Waals surface area contributed by atoms with Gasteiger partial charge in [0.05, 0.1) is 13.2 Å². The number of carboxylic acid groups (broad SMARTS) is 2. The van der Waals surface area contributed by atoms with Crippen LogP contribution >= 0.6 is 7.82 Å². The number of nitrogens with one attached hydrogen (secondary N) is 2. The SMILES string of the molecule is CC(=O)N[C@H]1[C@H](O[C@@H]2[C@H](O)[C@@H](O)[C@@H](O[C@H]3[C@@H](O)[C@@H](C(=O)O)O[C@H](O[C@H]4[C@H](O)[C@@H](COP(=O)(O)O)OC(O)[C@@H]4NC(C)=O)[C@@H]3O)O[C@@H]2C(=O)O)O[C@H](CO)[C@@H](O)[C@@H]1O. The largest absolute Gasteiger partial charge is 0.479 e. The Labute approximate surface area is 319 Å². The van der Waals surface area contributed by atoms with Gasteiger partial charge in [-0.3, -0.25) is 14.1 Å². The minimum absolute atomic E-state index is 0.799. The first kappa shape index (κ1) is 47.0. The molecule has 15 N–H and O–H groups in total. The van der Waals surface area contributed by atoms with E-state index in [9.17, 15) is 79.9 Å². The van der Waals surface area contributed by atoms with Crippen molar-refractivity contribution < 1.29 is 127 Å². The van der Waals surface area contributed by atoms with Crippen LogP contribution in [0.15, 0.2) is 0 Å². The number of hydrogen-bond acceptors (Lipinski definition) is 22. The van der Waals surface area contributed by atoms with Crippen molar-refractivity contribution in [2.45, 2.75) is 137 Å². The van der Waals surface area contributed by atoms with E-state index in [0.29, 0.717) is 0 Å². The summed E-state index contributed by atoms with van der Waals surface area (Å²) < 4.78 is 53.1. The monoisotopic (exact) mass is 856 g/mol. The molecule has 4 aliphatic heterocycles. The van der Waals surface area contributed by atoms with Crippen LogP contribution in [0.25, 0.3) is 0 Å². The molecule has 4 saturated heterocycles. The summed E-state index contributed by atoms with van der Waals surface area (Å²) in [4.78, 5) is 66.4. The number of carbonyl (C=O) groups is 4. The Morgan fingerprint density at radius 3 is 1.65 bits per heavy atom. The first-order valence-electron chi connectivity index (χ1n) is 16.8. The van der Waals surface area contributed by atoms with E-state index in [1.54, 1.807) is 0 Å². The van der Waals surface area contributed by atoms with Gasteiger partial charge in [-0.25, -0.2) is 14.2 Å². The van der Waals surface area contributed by atoms with Crippen LogP contribution in [-0.2, 0) is 61.4 Å². The molecule has 57 heavy (non-hydrogen) atoms. The fourth-order valence-electron chi connectivity index (χ4n) is 6.46. The molecule has 0 radical (unpaired) electrons. The molecule has 4 heterocycles. The Hall–Kier alpha value is -2.65. The molecule has 28 nitrogen and oxygen atoms in total. The zero-order valence-electron chi connectivity index (χ0n) is 29.5. The van der Waals surface area contributed by atoms with Crippen molar-refractivity contribution in [3.8, 4) is 0 Å². The van der Waals surface area contributed by atoms with Crippen molar-refractivity contribution in [2.24, 2.45) is 0 Å². The first-order valence-corrected chi connectivity index (χ1v) is 18.3. The van der Waals surface area contributed by atoms with Crippen molar-refractivity contribution in [2.75, 3.05) is 13.2 Å². The number of phosphoric ester groups is 1. The highest BCUT2D eigenvalue weighted by molar-refractivity contribution is 7.46. The number of carbonyl (C=O) groups excluding carboxylic acids is 2. The molecule has 4 rings (SSSR count). The zero-order valence-corrected chi connectivity index (χ0v) is 30.4. The molecule has 0 bridgehead atoms. The maximum Gasteiger partial charge on any atom is 0.469 e. The van der Waals surface area contributed by atoms with E-state index in [0.717, 1.165) is 13.8 Å². The van der Waals surface area contributed by atoms with E-state index in [4.69, 9.17) is 42.9 Å². The van der Waals surface area contributed by atoms with Crippen LogP contribution in [0.1, 0.15) is 13.8 Å². The highest BCUT2D eigenvalue weighted by Crippen LogP contribution is 2.38. The number of aliphatic carboxylic acids is 2. The number of carboxylic acids is 2. The highest BCUT2D eigenvalue weighted by Gasteiger charge is 2.57. The summed E-state index contributed by atoms with van der Waals surface area (Å²) in [6.07, 6.45) is -38.7. The van der Waals surface area contributed by atoms with Crippen LogP contribution in [-0.4, -0.2) is 226 Å². The second kappa shape index (κ2) is 19.2. The van der Waals surface area contributed by atoms with Crippen LogP contribution in [0.4, 0.5) is 0 Å². The third-order valence-electron chi connectivity index (χ3n) is 9.17. The smallest absolute Gasteiger partial charge is 0.469 e. The number of phosphoric acid groups is 1. The number of hydrogen-bond donors (Lipinski definition) is 15. The molecule has 0 aromatic carbocycles. The lowest BCUT2D eigenvalue weighted by molar-refractivity contribution is -0.375. The average molecular weight is 857 g/mol. The molecule has 2 amide bonds. The summed E-state index contributed by atoms with van der Waals surface area (Å²) in [5.41, 5.74) is 0. The van der Waals surface area contributed by atoms with Crippen molar-refractivity contribution in [1.82, 2.24) is 10.6 Å². The zero-order chi connectivity index (χ0) is 42.8. The van der Waals surface area contributed by atoms with Gasteiger partial charge in [-0.2, -0.15) is 0 Å². The van der Waals surface area contributed by atoms with Crippen LogP contribution in [0.2, 0.25) is 0 Å². The summed E-state index contributed by atoms with van der Waals surface area (Å²) in [5, 5.41) is 121. The number of aliphatic hydroxyl groups excluding tert-OH is 9. The first-order chi connectivity index (χ1) is 26.5. The van der Waals surface area contributed by atoms with E-state index >= 15 is 0 Å². The Morgan fingerprint density at radius 1 is 0.579 bits per heavy atom. The van der Waals surface area contributed by atoms with Gasteiger partial charge in [0.1, 0.15) is 85.3 Å². The molecule has 0 aromatic rings. The Balaban J connectivity index is 1.59. The molecular weight excluding hydrogens is 811 g/mol. The van der Waals surface area contributed by atoms with Gasteiger partial charge < -0.3 is 110 Å². The van der Waals surface area contributed by atoms with Gasteiger partial charge in [0.15, 0.2) is 37.4 Å². The maximum atomic E-state index is 12.4. The van der Waals surface area contributed by atoms with E-state index in [1.165, 1.54) is 0 Å². The Bertz CT molecular complexity index is 1470. The predicted octanol–water partition coefficient (Wildman–Crippen LogP) is -9.16. The summed E-state index contributed by atoms with van der Waals surface area (Å²) in [6.45, 7) is -0.0500. The molecule has 0 aliphatic carbocycles. The maximum absolute atomic E-state index is 12.4. The fraction of sp³-hybridized carbons (Fsp3) is 0.857. The van der Waals surface area contributed by atoms with Crippen LogP contribution in [0.3, 0.4) is 0 Å². The van der Waals surface area contributed by atoms with Crippen molar-refractivity contribution >= 4 is 31.6 Å². The standard InChI is InChI=1S/C28H45N2O26P/c1-5(32)29-9-13(36)11(34)7(3-31)51-26(9)54-20-14(37)15(38)27(56-22(20)24(43)44)53-19-16(39)21(23(41)42)55-28(17(19)40)52-18-10(30-6(2)33)25(45)50-8(12(18)35)4-49-57(46,47)48/h7-22,25-28,31,34-40,45H,3-4H2,1-2H3,(H,29,32)(H,30,33)(H,41,42)(H,43,44)(H2,46,47,48)/t7-,8-,9-,10-,11-,12-,13-,14-,15-,16-,17-,18-,19+,20-,21+,22+,25?,26+,27+,28+/m1/s1. The number of aliphatic hydroxyl groups is 9. The minimum Gasteiger partial charge on any atom is -0.479 e. The third-order valence-corrected chi connectivity index (χ3v) is 9.65. The van der Waals surface area contributed by atoms with Gasteiger partial charge in [-0.05, 0) is 0 Å². The minimum atomic E-state index is -5.19. The van der Waals surface area contributed by atoms with Gasteiger partial charge >= 0.3 is 19.8 Å². The molecular formula is C28H45N2O26P. The highest BCUT2D eigenvalue weighted by atomic mass is 31.2. The van der Waals surface area contributed by atoms with Gasteiger partial charge in [0.2, 0.25) is 11.8 Å². The van der Waals surface area contributed by atoms with Crippen LogP contribution in [0.5, 0.6) is 0 Å². The van der Waals surface area contributed by atoms with Crippen molar-refractivity contribution in [3.63, 3.8) is 0 Å². The predicted molar refractivity (Wildman–Crippen MR) is 169 cm³/mol. The lowest BCUT2D eigenvalue weighted by atomic mass is 9.94. The second-order valence-electron chi connectivity index (χ2n) is 13.3. The van der Waals surface area contributed by atoms with E-state index in [-0.39, 0.29) is 0 Å². The van der Waals surface area contributed by atoms with Crippen molar-refractivity contribution in [3.05, 3.63) is 0 Å². The quantitative estimate of drug-likeness (QED) is 0.0721. The van der Waals surface area contributed by atoms with E-state index in [2.05, 4.69) is 15.2 Å². The molecule has 328 valence electrons. The van der Waals surface area contributed by atoms with E-state index < -0.39 is 167 Å². The van der Waals surface area contributed by atoms with Gasteiger partial charge in [-0.15, -0.1) is 0 Å². The Morgan fingerprint density at radius 2 is 1.11 bits per heavy atom. The molecule has 0 spiro atoms. The third kappa shape index (κ3) is 10.9. The van der Waals surface area contributed by atoms with Crippen molar-refractivity contribution in [1.29, 1.82) is 0 Å². The van der Waals surface area contributed by atoms with Crippen LogP contribution < -0.4 is 10.6 Å². The molecule has 29 heteroatoms. The lowest BCUT2D eigenvalue weighted by Gasteiger charge is -2.49. The second-order valence-corrected chi connectivity index (χ2v) is 14.5. The van der Waals surface area contributed by atoms with Gasteiger partial charge in [-0.1, -0.05) is 0 Å². The average Bonchev–Trinajstić information content (AvgIpc) is 3.11. The van der Waals surface area contributed by atoms with E-state index in [1.807, 2.05) is 0 Å². The fourth-order valence-corrected chi connectivity index (χ4v) is 6.80. The molecule has 0 aromatic heterocycles. The molecule has 20 atom stereocenters.